The molecule has 3 aromatic rings. The minimum absolute atomic E-state index is 0.138. The van der Waals surface area contributed by atoms with Crippen LogP contribution in [0.4, 0.5) is 5.69 Å². The Morgan fingerprint density at radius 1 is 1.09 bits per heavy atom. The number of halogens is 2. The molecule has 0 aliphatic heterocycles. The maximum Gasteiger partial charge on any atom is 0.327 e. The van der Waals surface area contributed by atoms with Gasteiger partial charge in [-0.05, 0) is 54.3 Å². The molecule has 0 radical (unpaired) electrons. The van der Waals surface area contributed by atoms with Gasteiger partial charge in [0.25, 0.3) is 10.0 Å². The minimum atomic E-state index is -4.33. The molecule has 170 valence electrons. The lowest BCUT2D eigenvalue weighted by molar-refractivity contribution is -0.138. The molecule has 0 bridgehead atoms. The molecule has 32 heavy (non-hydrogen) atoms. The zero-order chi connectivity index (χ0) is 23.5. The van der Waals surface area contributed by atoms with Crippen LogP contribution in [0.1, 0.15) is 26.2 Å². The normalized spacial score (nSPS) is 12.5. The van der Waals surface area contributed by atoms with Crippen LogP contribution >= 0.6 is 23.2 Å². The van der Waals surface area contributed by atoms with Crippen LogP contribution in [-0.2, 0) is 14.8 Å². The number of sulfonamides is 1. The van der Waals surface area contributed by atoms with Crippen LogP contribution in [0.5, 0.6) is 5.75 Å². The quantitative estimate of drug-likeness (QED) is 0.393. The van der Waals surface area contributed by atoms with Crippen molar-refractivity contribution in [3.63, 3.8) is 0 Å². The number of carbonyl (C=O) groups is 1. The predicted molar refractivity (Wildman–Crippen MR) is 128 cm³/mol. The number of rotatable bonds is 9. The highest BCUT2D eigenvalue weighted by Gasteiger charge is 2.37. The van der Waals surface area contributed by atoms with E-state index in [0.29, 0.717) is 29.4 Å². The van der Waals surface area contributed by atoms with Gasteiger partial charge < -0.3 is 9.84 Å². The SMILES string of the molecule is CCCCC(C(=O)O)N(c1cccc2cc(OC)ccc12)S(=O)(=O)c1cc(Cl)cc(Cl)c1. The monoisotopic (exact) mass is 495 g/mol. The Balaban J connectivity index is 2.31. The predicted octanol–water partition coefficient (Wildman–Crippen LogP) is 5.99. The highest BCUT2D eigenvalue weighted by Crippen LogP contribution is 2.36. The van der Waals surface area contributed by atoms with Crippen molar-refractivity contribution in [1.29, 1.82) is 0 Å². The molecule has 0 saturated carbocycles. The summed E-state index contributed by atoms with van der Waals surface area (Å²) in [6.45, 7) is 1.92. The van der Waals surface area contributed by atoms with E-state index in [1.165, 1.54) is 25.3 Å². The number of aliphatic carboxylic acids is 1. The summed E-state index contributed by atoms with van der Waals surface area (Å²) in [5.41, 5.74) is 0.254. The summed E-state index contributed by atoms with van der Waals surface area (Å²) < 4.78 is 33.9. The van der Waals surface area contributed by atoms with E-state index in [2.05, 4.69) is 0 Å². The van der Waals surface area contributed by atoms with E-state index in [1.807, 2.05) is 13.0 Å². The third-order valence-electron chi connectivity index (χ3n) is 5.09. The van der Waals surface area contributed by atoms with Crippen LogP contribution in [0.25, 0.3) is 10.8 Å². The van der Waals surface area contributed by atoms with Crippen molar-refractivity contribution >= 4 is 55.7 Å². The topological polar surface area (TPSA) is 83.9 Å². The Bertz CT molecular complexity index is 1230. The van der Waals surface area contributed by atoms with Gasteiger partial charge >= 0.3 is 5.97 Å². The lowest BCUT2D eigenvalue weighted by Crippen LogP contribution is -2.45. The zero-order valence-electron chi connectivity index (χ0n) is 17.6. The number of ether oxygens (including phenoxy) is 1. The van der Waals surface area contributed by atoms with Gasteiger partial charge in [-0.3, -0.25) is 4.31 Å². The molecule has 1 atom stereocenters. The number of methoxy groups -OCH3 is 1. The van der Waals surface area contributed by atoms with Gasteiger partial charge in [0.05, 0.1) is 17.7 Å². The summed E-state index contributed by atoms with van der Waals surface area (Å²) >= 11 is 12.1. The number of anilines is 1. The van der Waals surface area contributed by atoms with Crippen molar-refractivity contribution in [2.24, 2.45) is 0 Å². The molecule has 6 nitrogen and oxygen atoms in total. The van der Waals surface area contributed by atoms with Crippen LogP contribution in [0, 0.1) is 0 Å². The second-order valence-electron chi connectivity index (χ2n) is 7.27. The second kappa shape index (κ2) is 9.98. The number of carboxylic acid groups (broad SMARTS) is 1. The van der Waals surface area contributed by atoms with Gasteiger partial charge in [0.1, 0.15) is 11.8 Å². The van der Waals surface area contributed by atoms with Gasteiger partial charge in [0.2, 0.25) is 0 Å². The van der Waals surface area contributed by atoms with Crippen molar-refractivity contribution in [2.75, 3.05) is 11.4 Å². The first-order valence-corrected chi connectivity index (χ1v) is 12.2. The summed E-state index contributed by atoms with van der Waals surface area (Å²) in [5.74, 6) is -0.632. The van der Waals surface area contributed by atoms with E-state index in [0.717, 1.165) is 4.31 Å². The number of benzene rings is 3. The number of nitrogens with zero attached hydrogens (tertiary/aromatic N) is 1. The zero-order valence-corrected chi connectivity index (χ0v) is 19.9. The van der Waals surface area contributed by atoms with E-state index in [-0.39, 0.29) is 27.0 Å². The molecular formula is C23H23Cl2NO5S. The average molecular weight is 496 g/mol. The van der Waals surface area contributed by atoms with E-state index >= 15 is 0 Å². The third-order valence-corrected chi connectivity index (χ3v) is 7.33. The molecule has 0 fully saturated rings. The largest absolute Gasteiger partial charge is 0.497 e. The van der Waals surface area contributed by atoms with Gasteiger partial charge in [0.15, 0.2) is 0 Å². The summed E-state index contributed by atoms with van der Waals surface area (Å²) in [4.78, 5) is 12.1. The third kappa shape index (κ3) is 4.95. The van der Waals surface area contributed by atoms with Gasteiger partial charge in [-0.25, -0.2) is 13.2 Å². The second-order valence-corrected chi connectivity index (χ2v) is 9.95. The van der Waals surface area contributed by atoms with Gasteiger partial charge in [-0.15, -0.1) is 0 Å². The highest BCUT2D eigenvalue weighted by atomic mass is 35.5. The summed E-state index contributed by atoms with van der Waals surface area (Å²) in [5, 5.41) is 11.6. The molecule has 3 aromatic carbocycles. The standard InChI is InChI=1S/C23H23Cl2NO5S/c1-3-4-7-22(23(27)28)26(32(29,30)19-13-16(24)12-17(25)14-19)21-8-5-6-15-11-18(31-2)9-10-20(15)21/h5-6,8-14,22H,3-4,7H2,1-2H3,(H,27,28). The van der Waals surface area contributed by atoms with Gasteiger partial charge in [-0.2, -0.15) is 0 Å². The van der Waals surface area contributed by atoms with Gasteiger partial charge in [-0.1, -0.05) is 55.1 Å². The molecule has 0 aliphatic rings. The first-order chi connectivity index (χ1) is 15.2. The van der Waals surface area contributed by atoms with Crippen molar-refractivity contribution in [3.05, 3.63) is 64.6 Å². The highest BCUT2D eigenvalue weighted by molar-refractivity contribution is 7.93. The molecule has 0 amide bonds. The Morgan fingerprint density at radius 3 is 2.38 bits per heavy atom. The summed E-state index contributed by atoms with van der Waals surface area (Å²) in [6.07, 6.45) is 1.40. The van der Waals surface area contributed by atoms with E-state index in [4.69, 9.17) is 27.9 Å². The van der Waals surface area contributed by atoms with Crippen molar-refractivity contribution in [1.82, 2.24) is 0 Å². The fourth-order valence-corrected chi connectivity index (χ4v) is 5.94. The van der Waals surface area contributed by atoms with Crippen LogP contribution in [0.15, 0.2) is 59.5 Å². The van der Waals surface area contributed by atoms with E-state index < -0.39 is 22.0 Å². The Morgan fingerprint density at radius 2 is 1.78 bits per heavy atom. The molecule has 0 saturated heterocycles. The molecule has 9 heteroatoms. The first-order valence-electron chi connectivity index (χ1n) is 9.99. The van der Waals surface area contributed by atoms with Crippen LogP contribution in [-0.4, -0.2) is 32.6 Å². The number of hydrogen-bond acceptors (Lipinski definition) is 4. The fourth-order valence-electron chi connectivity index (χ4n) is 3.56. The Kier molecular flexibility index (Phi) is 7.54. The molecule has 1 N–H and O–H groups in total. The number of unbranched alkanes of at least 4 members (excludes halogenated alkanes) is 1. The van der Waals surface area contributed by atoms with E-state index in [9.17, 15) is 18.3 Å². The minimum Gasteiger partial charge on any atom is -0.497 e. The smallest absolute Gasteiger partial charge is 0.327 e. The molecular weight excluding hydrogens is 473 g/mol. The lowest BCUT2D eigenvalue weighted by atomic mass is 10.1. The van der Waals surface area contributed by atoms with Crippen molar-refractivity contribution < 1.29 is 23.1 Å². The number of hydrogen-bond donors (Lipinski definition) is 1. The Labute approximate surface area is 197 Å². The maximum atomic E-state index is 13.8. The fraction of sp³-hybridized carbons (Fsp3) is 0.261. The summed E-state index contributed by atoms with van der Waals surface area (Å²) in [6, 6.07) is 12.9. The molecule has 0 heterocycles. The van der Waals surface area contributed by atoms with Crippen LogP contribution < -0.4 is 9.04 Å². The number of carboxylic acids is 1. The van der Waals surface area contributed by atoms with E-state index in [1.54, 1.807) is 30.3 Å². The average Bonchev–Trinajstić information content (AvgIpc) is 2.74. The molecule has 0 aliphatic carbocycles. The molecule has 0 aromatic heterocycles. The molecule has 0 spiro atoms. The Hall–Kier alpha value is -2.48. The first kappa shape index (κ1) is 24.2. The maximum absolute atomic E-state index is 13.8. The molecule has 1 unspecified atom stereocenters. The van der Waals surface area contributed by atoms with Crippen LogP contribution in [0.3, 0.4) is 0 Å². The lowest BCUT2D eigenvalue weighted by Gasteiger charge is -2.31. The van der Waals surface area contributed by atoms with Crippen molar-refractivity contribution in [2.45, 2.75) is 37.1 Å². The van der Waals surface area contributed by atoms with Crippen molar-refractivity contribution in [3.8, 4) is 5.75 Å². The van der Waals surface area contributed by atoms with Gasteiger partial charge in [0, 0.05) is 15.4 Å². The van der Waals surface area contributed by atoms with Crippen LogP contribution in [0.2, 0.25) is 10.0 Å². The summed E-state index contributed by atoms with van der Waals surface area (Å²) in [7, 11) is -2.79. The number of fused-ring (bicyclic) bond motifs is 1. The molecule has 3 rings (SSSR count).